The first-order chi connectivity index (χ1) is 8.90. The van der Waals surface area contributed by atoms with E-state index in [0.29, 0.717) is 5.96 Å². The molecule has 0 aromatic heterocycles. The lowest BCUT2D eigenvalue weighted by Gasteiger charge is -2.14. The highest BCUT2D eigenvalue weighted by molar-refractivity contribution is 5.94. The number of carbonyl (C=O) groups is 1. The van der Waals surface area contributed by atoms with Gasteiger partial charge in [0.2, 0.25) is 5.91 Å². The number of hydrogen-bond donors (Lipinski definition) is 3. The van der Waals surface area contributed by atoms with Gasteiger partial charge in [-0.05, 0) is 37.9 Å². The molecule has 6 heteroatoms. The molecule has 0 aliphatic rings. The second-order valence-electron chi connectivity index (χ2n) is 4.57. The molecule has 0 heterocycles. The van der Waals surface area contributed by atoms with Crippen LogP contribution in [0.1, 0.15) is 12.5 Å². The molecule has 0 spiro atoms. The van der Waals surface area contributed by atoms with E-state index < -0.39 is 0 Å². The van der Waals surface area contributed by atoms with Crippen LogP contribution in [-0.4, -0.2) is 37.9 Å². The van der Waals surface area contributed by atoms with Crippen molar-refractivity contribution in [1.29, 1.82) is 0 Å². The topological polar surface area (TPSA) is 82.8 Å². The molecule has 1 amide bonds. The van der Waals surface area contributed by atoms with Crippen LogP contribution in [-0.2, 0) is 11.3 Å². The number of nitrogens with one attached hydrogen (secondary N) is 2. The quantitative estimate of drug-likeness (QED) is 0.560. The maximum absolute atomic E-state index is 11.1. The molecule has 0 atom stereocenters. The number of aliphatic imine (C=N–C) groups is 1. The molecule has 0 fully saturated rings. The first-order valence-electron chi connectivity index (χ1n) is 5.96. The van der Waals surface area contributed by atoms with Gasteiger partial charge in [-0.3, -0.25) is 9.79 Å². The van der Waals surface area contributed by atoms with Gasteiger partial charge in [0.25, 0.3) is 0 Å². The molecule has 4 N–H and O–H groups in total. The second kappa shape index (κ2) is 6.75. The van der Waals surface area contributed by atoms with Gasteiger partial charge in [0, 0.05) is 31.9 Å². The third-order valence-electron chi connectivity index (χ3n) is 2.33. The Morgan fingerprint density at radius 1 is 1.26 bits per heavy atom. The smallest absolute Gasteiger partial charge is 0.221 e. The van der Waals surface area contributed by atoms with Gasteiger partial charge >= 0.3 is 0 Å². The van der Waals surface area contributed by atoms with Crippen LogP contribution >= 0.6 is 0 Å². The van der Waals surface area contributed by atoms with E-state index in [1.807, 2.05) is 37.2 Å². The van der Waals surface area contributed by atoms with Gasteiger partial charge in [0.15, 0.2) is 5.96 Å². The van der Waals surface area contributed by atoms with Gasteiger partial charge in [0.05, 0.1) is 0 Å². The maximum atomic E-state index is 11.1. The van der Waals surface area contributed by atoms with Crippen molar-refractivity contribution >= 4 is 23.2 Å². The van der Waals surface area contributed by atoms with Crippen LogP contribution in [0, 0.1) is 0 Å². The van der Waals surface area contributed by atoms with Crippen molar-refractivity contribution in [2.75, 3.05) is 31.8 Å². The molecule has 6 nitrogen and oxygen atoms in total. The van der Waals surface area contributed by atoms with Crippen LogP contribution in [0.5, 0.6) is 0 Å². The van der Waals surface area contributed by atoms with Gasteiger partial charge < -0.3 is 21.3 Å². The molecular weight excluding hydrogens is 242 g/mol. The maximum Gasteiger partial charge on any atom is 0.221 e. The van der Waals surface area contributed by atoms with Crippen molar-refractivity contribution in [1.82, 2.24) is 4.90 Å². The average molecular weight is 263 g/mol. The number of hydrogen-bond acceptors (Lipinski definition) is 3. The molecule has 1 aromatic carbocycles. The summed E-state index contributed by atoms with van der Waals surface area (Å²) in [6, 6.07) is 5.73. The summed E-state index contributed by atoms with van der Waals surface area (Å²) in [5.74, 6) is 0.223. The number of benzene rings is 1. The Balaban J connectivity index is 3.04. The fourth-order valence-corrected chi connectivity index (χ4v) is 1.70. The van der Waals surface area contributed by atoms with Crippen LogP contribution in [0.15, 0.2) is 23.2 Å². The highest BCUT2D eigenvalue weighted by Crippen LogP contribution is 2.20. The van der Waals surface area contributed by atoms with E-state index in [9.17, 15) is 4.79 Å². The van der Waals surface area contributed by atoms with Gasteiger partial charge in [-0.25, -0.2) is 0 Å². The third kappa shape index (κ3) is 5.39. The highest BCUT2D eigenvalue weighted by atomic mass is 16.1. The number of carbonyl (C=O) groups excluding carboxylic acids is 1. The van der Waals surface area contributed by atoms with E-state index in [4.69, 9.17) is 5.73 Å². The predicted octanol–water partition coefficient (Wildman–Crippen LogP) is 1.06. The molecule has 1 rings (SSSR count). The first kappa shape index (κ1) is 15.0. The summed E-state index contributed by atoms with van der Waals surface area (Å²) < 4.78 is 0. The second-order valence-corrected chi connectivity index (χ2v) is 4.57. The Labute approximate surface area is 113 Å². The summed E-state index contributed by atoms with van der Waals surface area (Å²) in [6.45, 7) is 2.25. The molecule has 0 radical (unpaired) electrons. The SMILES string of the molecule is CN=C(N)Nc1cc(CN(C)C)cc(NC(C)=O)c1. The molecule has 0 aliphatic carbocycles. The van der Waals surface area contributed by atoms with Crippen LogP contribution < -0.4 is 16.4 Å². The molecule has 104 valence electrons. The van der Waals surface area contributed by atoms with E-state index in [0.717, 1.165) is 23.5 Å². The highest BCUT2D eigenvalue weighted by Gasteiger charge is 2.04. The Kier molecular flexibility index (Phi) is 5.32. The van der Waals surface area contributed by atoms with Crippen molar-refractivity contribution in [3.05, 3.63) is 23.8 Å². The molecule has 19 heavy (non-hydrogen) atoms. The standard InChI is InChI=1S/C13H21N5O/c1-9(19)16-11-5-10(8-18(3)4)6-12(7-11)17-13(14)15-2/h5-7H,8H2,1-4H3,(H,16,19)(H3,14,15,17). The predicted molar refractivity (Wildman–Crippen MR) is 79.3 cm³/mol. The lowest BCUT2D eigenvalue weighted by atomic mass is 10.1. The molecule has 0 aliphatic heterocycles. The number of anilines is 2. The zero-order valence-corrected chi connectivity index (χ0v) is 11.8. The Bertz CT molecular complexity index is 482. The fraction of sp³-hybridized carbons (Fsp3) is 0.385. The van der Waals surface area contributed by atoms with Crippen molar-refractivity contribution in [3.8, 4) is 0 Å². The van der Waals surface area contributed by atoms with Crippen LogP contribution in [0.4, 0.5) is 11.4 Å². The first-order valence-corrected chi connectivity index (χ1v) is 5.96. The Hall–Kier alpha value is -2.08. The number of amides is 1. The van der Waals surface area contributed by atoms with E-state index in [1.165, 1.54) is 6.92 Å². The van der Waals surface area contributed by atoms with Crippen LogP contribution in [0.25, 0.3) is 0 Å². The van der Waals surface area contributed by atoms with Gasteiger partial charge in [-0.1, -0.05) is 0 Å². The summed E-state index contributed by atoms with van der Waals surface area (Å²) in [5, 5.41) is 5.75. The van der Waals surface area contributed by atoms with E-state index >= 15 is 0 Å². The minimum atomic E-state index is -0.106. The van der Waals surface area contributed by atoms with Gasteiger partial charge in [-0.15, -0.1) is 0 Å². The monoisotopic (exact) mass is 263 g/mol. The van der Waals surface area contributed by atoms with Crippen molar-refractivity contribution in [3.63, 3.8) is 0 Å². The molecule has 0 unspecified atom stereocenters. The molecular formula is C13H21N5O. The van der Waals surface area contributed by atoms with E-state index in [1.54, 1.807) is 7.05 Å². The van der Waals surface area contributed by atoms with Gasteiger partial charge in [-0.2, -0.15) is 0 Å². The summed E-state index contributed by atoms with van der Waals surface area (Å²) in [7, 11) is 5.58. The lowest BCUT2D eigenvalue weighted by Crippen LogP contribution is -2.22. The lowest BCUT2D eigenvalue weighted by molar-refractivity contribution is -0.114. The van der Waals surface area contributed by atoms with Crippen LogP contribution in [0.3, 0.4) is 0 Å². The normalized spacial score (nSPS) is 11.5. The van der Waals surface area contributed by atoms with Gasteiger partial charge in [0.1, 0.15) is 0 Å². The molecule has 0 saturated heterocycles. The summed E-state index contributed by atoms with van der Waals surface area (Å²) >= 11 is 0. The summed E-state index contributed by atoms with van der Waals surface area (Å²) in [6.07, 6.45) is 0. The largest absolute Gasteiger partial charge is 0.370 e. The van der Waals surface area contributed by atoms with Crippen molar-refractivity contribution in [2.24, 2.45) is 10.7 Å². The molecule has 1 aromatic rings. The van der Waals surface area contributed by atoms with E-state index in [2.05, 4.69) is 15.6 Å². The van der Waals surface area contributed by atoms with E-state index in [-0.39, 0.29) is 5.91 Å². The fourth-order valence-electron chi connectivity index (χ4n) is 1.70. The number of rotatable bonds is 4. The van der Waals surface area contributed by atoms with Crippen molar-refractivity contribution in [2.45, 2.75) is 13.5 Å². The number of nitrogens with two attached hydrogens (primary N) is 1. The number of guanidine groups is 1. The zero-order valence-electron chi connectivity index (χ0n) is 11.8. The molecule has 0 saturated carbocycles. The Morgan fingerprint density at radius 2 is 1.84 bits per heavy atom. The van der Waals surface area contributed by atoms with Crippen LogP contribution in [0.2, 0.25) is 0 Å². The third-order valence-corrected chi connectivity index (χ3v) is 2.33. The molecule has 0 bridgehead atoms. The minimum Gasteiger partial charge on any atom is -0.370 e. The minimum absolute atomic E-state index is 0.106. The van der Waals surface area contributed by atoms with Crippen molar-refractivity contribution < 1.29 is 4.79 Å². The average Bonchev–Trinajstić information content (AvgIpc) is 2.26. The number of nitrogens with zero attached hydrogens (tertiary/aromatic N) is 2. The summed E-state index contributed by atoms with van der Waals surface area (Å²) in [4.78, 5) is 17.0. The Morgan fingerprint density at radius 3 is 2.32 bits per heavy atom. The zero-order chi connectivity index (χ0) is 14.4. The summed E-state index contributed by atoms with van der Waals surface area (Å²) in [5.41, 5.74) is 8.25.